The Morgan fingerprint density at radius 1 is 1.25 bits per heavy atom. The van der Waals surface area contributed by atoms with Crippen molar-refractivity contribution in [2.75, 3.05) is 13.3 Å². The van der Waals surface area contributed by atoms with E-state index in [1.807, 2.05) is 29.6 Å². The topological polar surface area (TPSA) is 76.7 Å². The first-order chi connectivity index (χ1) is 13.6. The summed E-state index contributed by atoms with van der Waals surface area (Å²) in [5, 5.41) is 8.16. The van der Waals surface area contributed by atoms with Gasteiger partial charge in [-0.25, -0.2) is 0 Å². The third kappa shape index (κ3) is 4.47. The van der Waals surface area contributed by atoms with Crippen molar-refractivity contribution < 1.29 is 19.1 Å². The molecule has 28 heavy (non-hydrogen) atoms. The number of nitrogens with one attached hydrogen (secondary N) is 2. The van der Waals surface area contributed by atoms with Gasteiger partial charge < -0.3 is 20.1 Å². The molecular weight excluding hydrogens is 376 g/mol. The number of thiophene rings is 1. The molecule has 0 aliphatic carbocycles. The van der Waals surface area contributed by atoms with Gasteiger partial charge in [0.05, 0.1) is 0 Å². The number of benzene rings is 1. The van der Waals surface area contributed by atoms with E-state index in [1.165, 1.54) is 4.88 Å². The molecule has 1 aromatic heterocycles. The number of carbonyl (C=O) groups excluding carboxylic acids is 2. The first-order valence-corrected chi connectivity index (χ1v) is 10.5. The maximum atomic E-state index is 12.3. The van der Waals surface area contributed by atoms with E-state index < -0.39 is 0 Å². The van der Waals surface area contributed by atoms with Gasteiger partial charge >= 0.3 is 0 Å². The smallest absolute Gasteiger partial charge is 0.231 e. The summed E-state index contributed by atoms with van der Waals surface area (Å²) in [7, 11) is 0. The fraction of sp³-hybridized carbons (Fsp3) is 0.429. The summed E-state index contributed by atoms with van der Waals surface area (Å²) in [6.07, 6.45) is 3.79. The maximum Gasteiger partial charge on any atom is 0.231 e. The van der Waals surface area contributed by atoms with E-state index in [2.05, 4.69) is 16.7 Å². The molecular formula is C21H24N2O4S. The van der Waals surface area contributed by atoms with E-state index in [4.69, 9.17) is 9.47 Å². The highest BCUT2D eigenvalue weighted by atomic mass is 32.1. The van der Waals surface area contributed by atoms with Crippen LogP contribution in [-0.2, 0) is 22.4 Å². The Balaban J connectivity index is 1.33. The van der Waals surface area contributed by atoms with Gasteiger partial charge in [0, 0.05) is 29.8 Å². The quantitative estimate of drug-likeness (QED) is 0.714. The molecule has 2 aliphatic heterocycles. The lowest BCUT2D eigenvalue weighted by atomic mass is 9.85. The molecule has 148 valence electrons. The van der Waals surface area contributed by atoms with Gasteiger partial charge in [0.2, 0.25) is 18.6 Å². The van der Waals surface area contributed by atoms with Crippen LogP contribution in [0.2, 0.25) is 0 Å². The van der Waals surface area contributed by atoms with Crippen molar-refractivity contribution >= 4 is 23.2 Å². The lowest BCUT2D eigenvalue weighted by Gasteiger charge is -2.29. The summed E-state index contributed by atoms with van der Waals surface area (Å²) in [6, 6.07) is 9.96. The molecule has 2 amide bonds. The summed E-state index contributed by atoms with van der Waals surface area (Å²) in [4.78, 5) is 25.5. The zero-order valence-corrected chi connectivity index (χ0v) is 16.5. The Hall–Kier alpha value is -2.54. The van der Waals surface area contributed by atoms with Crippen LogP contribution in [-0.4, -0.2) is 30.7 Å². The molecule has 1 aromatic carbocycles. The van der Waals surface area contributed by atoms with E-state index in [-0.39, 0.29) is 24.1 Å². The number of hydrogen-bond acceptors (Lipinski definition) is 5. The van der Waals surface area contributed by atoms with Gasteiger partial charge in [0.15, 0.2) is 11.5 Å². The van der Waals surface area contributed by atoms with Crippen LogP contribution in [0.1, 0.15) is 36.1 Å². The molecule has 2 aliphatic rings. The van der Waals surface area contributed by atoms with Crippen LogP contribution in [0, 0.1) is 0 Å². The maximum absolute atomic E-state index is 12.3. The molecule has 2 aromatic rings. The highest BCUT2D eigenvalue weighted by Gasteiger charge is 2.38. The number of carbonyl (C=O) groups is 2. The van der Waals surface area contributed by atoms with Gasteiger partial charge in [-0.2, -0.15) is 0 Å². The molecule has 1 atom stereocenters. The lowest BCUT2D eigenvalue weighted by Crippen LogP contribution is -2.44. The first kappa shape index (κ1) is 18.8. The molecule has 1 unspecified atom stereocenters. The molecule has 1 fully saturated rings. The Labute approximate surface area is 168 Å². The highest BCUT2D eigenvalue weighted by Crippen LogP contribution is 2.35. The monoisotopic (exact) mass is 400 g/mol. The number of amides is 2. The number of ether oxygens (including phenoxy) is 2. The minimum absolute atomic E-state index is 0.0303. The summed E-state index contributed by atoms with van der Waals surface area (Å²) in [6.45, 7) is 0.882. The number of fused-ring (bicyclic) bond motifs is 1. The number of hydrogen-bond donors (Lipinski definition) is 2. The normalized spacial score (nSPS) is 20.2. The second kappa shape index (κ2) is 8.22. The number of rotatable bonds is 8. The van der Waals surface area contributed by atoms with Crippen molar-refractivity contribution in [2.24, 2.45) is 0 Å². The second-order valence-electron chi connectivity index (χ2n) is 7.37. The van der Waals surface area contributed by atoms with Crippen molar-refractivity contribution in [3.8, 4) is 11.5 Å². The molecule has 4 rings (SSSR count). The molecule has 0 saturated carbocycles. The van der Waals surface area contributed by atoms with Gasteiger partial charge in [0.25, 0.3) is 0 Å². The fourth-order valence-electron chi connectivity index (χ4n) is 3.84. The summed E-state index contributed by atoms with van der Waals surface area (Å²) in [5.74, 6) is 1.57. The van der Waals surface area contributed by atoms with Crippen LogP contribution in [0.3, 0.4) is 0 Å². The first-order valence-electron chi connectivity index (χ1n) is 9.61. The summed E-state index contributed by atoms with van der Waals surface area (Å²) < 4.78 is 10.8. The van der Waals surface area contributed by atoms with Gasteiger partial charge in [0.1, 0.15) is 0 Å². The zero-order chi connectivity index (χ0) is 19.4. The minimum atomic E-state index is -0.379. The third-order valence-electron chi connectivity index (χ3n) is 5.32. The van der Waals surface area contributed by atoms with E-state index in [0.717, 1.165) is 29.9 Å². The molecule has 7 heteroatoms. The zero-order valence-electron chi connectivity index (χ0n) is 15.7. The Morgan fingerprint density at radius 2 is 2.14 bits per heavy atom. The van der Waals surface area contributed by atoms with Crippen LogP contribution in [0.25, 0.3) is 0 Å². The van der Waals surface area contributed by atoms with Gasteiger partial charge in [-0.3, -0.25) is 9.59 Å². The van der Waals surface area contributed by atoms with Crippen molar-refractivity contribution in [2.45, 2.75) is 44.1 Å². The van der Waals surface area contributed by atoms with Gasteiger partial charge in [-0.05, 0) is 54.8 Å². The van der Waals surface area contributed by atoms with Crippen molar-refractivity contribution in [1.82, 2.24) is 10.6 Å². The van der Waals surface area contributed by atoms with Crippen LogP contribution in [0.15, 0.2) is 35.7 Å². The van der Waals surface area contributed by atoms with E-state index >= 15 is 0 Å². The Kier molecular flexibility index (Phi) is 5.52. The highest BCUT2D eigenvalue weighted by molar-refractivity contribution is 7.09. The van der Waals surface area contributed by atoms with E-state index in [9.17, 15) is 9.59 Å². The SMILES string of the molecule is O=C(CCC1(Cc2ccc3c(c2)OCO3)CCC(=O)N1)NCCc1cccs1. The van der Waals surface area contributed by atoms with Crippen molar-refractivity contribution in [3.63, 3.8) is 0 Å². The Bertz CT molecular complexity index is 852. The standard InChI is InChI=1S/C21H24N2O4S/c24-19(22-10-7-16-2-1-11-28-16)5-8-21(9-6-20(25)23-21)13-15-3-4-17-18(12-15)27-14-26-17/h1-4,11-12H,5-10,13-14H2,(H,22,24)(H,23,25). The van der Waals surface area contributed by atoms with Crippen molar-refractivity contribution in [3.05, 3.63) is 46.2 Å². The summed E-state index contributed by atoms with van der Waals surface area (Å²) >= 11 is 1.70. The minimum Gasteiger partial charge on any atom is -0.454 e. The van der Waals surface area contributed by atoms with Crippen LogP contribution in [0.4, 0.5) is 0 Å². The predicted octanol–water partition coefficient (Wildman–Crippen LogP) is 2.81. The second-order valence-corrected chi connectivity index (χ2v) is 8.40. The van der Waals surface area contributed by atoms with Crippen molar-refractivity contribution in [1.29, 1.82) is 0 Å². The van der Waals surface area contributed by atoms with Crippen LogP contribution < -0.4 is 20.1 Å². The average Bonchev–Trinajstić information content (AvgIpc) is 3.42. The molecule has 0 radical (unpaired) electrons. The van der Waals surface area contributed by atoms with Gasteiger partial charge in [-0.1, -0.05) is 12.1 Å². The predicted molar refractivity (Wildman–Crippen MR) is 107 cm³/mol. The molecule has 2 N–H and O–H groups in total. The lowest BCUT2D eigenvalue weighted by molar-refractivity contribution is -0.122. The Morgan fingerprint density at radius 3 is 2.93 bits per heavy atom. The summed E-state index contributed by atoms with van der Waals surface area (Å²) in [5.41, 5.74) is 0.695. The molecule has 1 saturated heterocycles. The van der Waals surface area contributed by atoms with E-state index in [1.54, 1.807) is 11.3 Å². The fourth-order valence-corrected chi connectivity index (χ4v) is 4.55. The van der Waals surface area contributed by atoms with Crippen LogP contribution >= 0.6 is 11.3 Å². The van der Waals surface area contributed by atoms with Gasteiger partial charge in [-0.15, -0.1) is 11.3 Å². The molecule has 3 heterocycles. The molecule has 0 spiro atoms. The van der Waals surface area contributed by atoms with Crippen LogP contribution in [0.5, 0.6) is 11.5 Å². The van der Waals surface area contributed by atoms with E-state index in [0.29, 0.717) is 32.2 Å². The molecule has 0 bridgehead atoms. The molecule has 6 nitrogen and oxygen atoms in total. The third-order valence-corrected chi connectivity index (χ3v) is 6.26. The largest absolute Gasteiger partial charge is 0.454 e. The average molecular weight is 401 g/mol.